The zero-order valence-corrected chi connectivity index (χ0v) is 17.5. The number of sulfonamides is 1. The summed E-state index contributed by atoms with van der Waals surface area (Å²) >= 11 is 2.93. The Balaban J connectivity index is 1.73. The summed E-state index contributed by atoms with van der Waals surface area (Å²) < 4.78 is 26.3. The minimum Gasteiger partial charge on any atom is -0.298 e. The van der Waals surface area contributed by atoms with Gasteiger partial charge in [-0.05, 0) is 49.6 Å². The average molecular weight is 422 g/mol. The van der Waals surface area contributed by atoms with Crippen molar-refractivity contribution in [3.05, 3.63) is 52.7 Å². The summed E-state index contributed by atoms with van der Waals surface area (Å²) in [5, 5.41) is 7.11. The maximum absolute atomic E-state index is 12.5. The molecule has 9 heteroatoms. The summed E-state index contributed by atoms with van der Waals surface area (Å²) in [6.45, 7) is 3.61. The molecule has 0 atom stereocenters. The van der Waals surface area contributed by atoms with Gasteiger partial charge in [-0.1, -0.05) is 6.07 Å². The molecule has 0 radical (unpaired) electrons. The first-order valence-electron chi connectivity index (χ1n) is 8.18. The number of carbonyl (C=O) groups is 1. The van der Waals surface area contributed by atoms with Crippen LogP contribution in [0.5, 0.6) is 0 Å². The van der Waals surface area contributed by atoms with E-state index in [1.54, 1.807) is 25.2 Å². The molecule has 2 aromatic heterocycles. The zero-order valence-electron chi connectivity index (χ0n) is 15.0. The van der Waals surface area contributed by atoms with Crippen molar-refractivity contribution in [1.82, 2.24) is 9.29 Å². The van der Waals surface area contributed by atoms with Gasteiger partial charge in [-0.3, -0.25) is 10.1 Å². The normalized spacial score (nSPS) is 11.9. The summed E-state index contributed by atoms with van der Waals surface area (Å²) in [6.07, 6.45) is 0. The van der Waals surface area contributed by atoms with Crippen LogP contribution in [0.1, 0.15) is 24.2 Å². The number of aromatic nitrogens is 1. The number of nitrogens with zero attached hydrogens (tertiary/aromatic N) is 2. The lowest BCUT2D eigenvalue weighted by Crippen LogP contribution is -2.33. The van der Waals surface area contributed by atoms with Gasteiger partial charge in [0, 0.05) is 24.0 Å². The van der Waals surface area contributed by atoms with Gasteiger partial charge in [0.25, 0.3) is 5.91 Å². The van der Waals surface area contributed by atoms with Crippen LogP contribution in [-0.2, 0) is 10.0 Å². The lowest BCUT2D eigenvalue weighted by atomic mass is 10.2. The van der Waals surface area contributed by atoms with Crippen molar-refractivity contribution < 1.29 is 13.2 Å². The Morgan fingerprint density at radius 1 is 1.15 bits per heavy atom. The van der Waals surface area contributed by atoms with Gasteiger partial charge < -0.3 is 0 Å². The highest BCUT2D eigenvalue weighted by molar-refractivity contribution is 7.89. The van der Waals surface area contributed by atoms with Crippen molar-refractivity contribution in [3.8, 4) is 10.6 Å². The molecule has 1 amide bonds. The molecule has 3 aromatic rings. The van der Waals surface area contributed by atoms with Crippen LogP contribution < -0.4 is 5.32 Å². The Labute approximate surface area is 166 Å². The molecule has 0 aliphatic rings. The van der Waals surface area contributed by atoms with E-state index < -0.39 is 10.0 Å². The Bertz CT molecular complexity index is 1020. The number of carbonyl (C=O) groups excluding carboxylic acids is 1. The molecule has 0 fully saturated rings. The van der Waals surface area contributed by atoms with E-state index in [1.807, 2.05) is 22.9 Å². The monoisotopic (exact) mass is 421 g/mol. The van der Waals surface area contributed by atoms with Crippen LogP contribution in [0.15, 0.2) is 52.1 Å². The minimum atomic E-state index is -3.57. The fourth-order valence-corrected chi connectivity index (χ4v) is 5.09. The largest absolute Gasteiger partial charge is 0.298 e. The van der Waals surface area contributed by atoms with E-state index in [0.29, 0.717) is 10.7 Å². The average Bonchev–Trinajstić information content (AvgIpc) is 3.32. The molecular formula is C18H19N3O3S3. The van der Waals surface area contributed by atoms with E-state index in [2.05, 4.69) is 10.3 Å². The second kappa shape index (κ2) is 7.89. The molecule has 0 saturated carbocycles. The molecule has 3 rings (SSSR count). The molecule has 0 unspecified atom stereocenters. The van der Waals surface area contributed by atoms with Crippen molar-refractivity contribution in [1.29, 1.82) is 0 Å². The first-order valence-corrected chi connectivity index (χ1v) is 11.4. The first kappa shape index (κ1) is 19.7. The van der Waals surface area contributed by atoms with Crippen LogP contribution in [0.2, 0.25) is 0 Å². The molecule has 0 spiro atoms. The third-order valence-electron chi connectivity index (χ3n) is 4.02. The van der Waals surface area contributed by atoms with Gasteiger partial charge in [-0.25, -0.2) is 13.4 Å². The number of anilines is 1. The van der Waals surface area contributed by atoms with Gasteiger partial charge >= 0.3 is 0 Å². The highest BCUT2D eigenvalue weighted by Gasteiger charge is 2.23. The third-order valence-corrected chi connectivity index (χ3v) is 7.72. The van der Waals surface area contributed by atoms with E-state index in [1.165, 1.54) is 47.0 Å². The summed E-state index contributed by atoms with van der Waals surface area (Å²) in [7, 11) is -2.03. The molecule has 0 aliphatic carbocycles. The molecule has 2 heterocycles. The number of hydrogen-bond donors (Lipinski definition) is 1. The fourth-order valence-electron chi connectivity index (χ4n) is 2.26. The predicted molar refractivity (Wildman–Crippen MR) is 110 cm³/mol. The summed E-state index contributed by atoms with van der Waals surface area (Å²) in [6, 6.07) is 9.67. The Morgan fingerprint density at radius 3 is 2.44 bits per heavy atom. The summed E-state index contributed by atoms with van der Waals surface area (Å²) in [5.74, 6) is -0.330. The van der Waals surface area contributed by atoms with Crippen molar-refractivity contribution in [3.63, 3.8) is 0 Å². The molecule has 27 heavy (non-hydrogen) atoms. The standard InChI is InChI=1S/C18H19N3O3S3/c1-12(2)21(3)27(23,24)14-8-6-13(7-9-14)17(22)20-18-19-15(11-26-18)16-5-4-10-25-16/h4-12H,1-3H3,(H,19,20,22). The van der Waals surface area contributed by atoms with Crippen LogP contribution in [-0.4, -0.2) is 36.7 Å². The highest BCUT2D eigenvalue weighted by Crippen LogP contribution is 2.28. The van der Waals surface area contributed by atoms with Gasteiger partial charge in [0.1, 0.15) is 0 Å². The van der Waals surface area contributed by atoms with Gasteiger partial charge in [-0.2, -0.15) is 4.31 Å². The van der Waals surface area contributed by atoms with Gasteiger partial charge in [0.05, 0.1) is 15.5 Å². The molecule has 1 N–H and O–H groups in total. The molecule has 1 aromatic carbocycles. The molecular weight excluding hydrogens is 402 g/mol. The van der Waals surface area contributed by atoms with Crippen LogP contribution in [0, 0.1) is 0 Å². The van der Waals surface area contributed by atoms with Crippen LogP contribution in [0.25, 0.3) is 10.6 Å². The number of nitrogens with one attached hydrogen (secondary N) is 1. The van der Waals surface area contributed by atoms with Gasteiger partial charge in [-0.15, -0.1) is 22.7 Å². The summed E-state index contributed by atoms with van der Waals surface area (Å²) in [4.78, 5) is 18.0. The molecule has 0 aliphatic heterocycles. The van der Waals surface area contributed by atoms with Crippen LogP contribution in [0.3, 0.4) is 0 Å². The Hall–Kier alpha value is -2.07. The first-order chi connectivity index (χ1) is 12.8. The molecule has 0 saturated heterocycles. The van der Waals surface area contributed by atoms with Crippen molar-refractivity contribution in [2.24, 2.45) is 0 Å². The van der Waals surface area contributed by atoms with Crippen molar-refractivity contribution in [2.45, 2.75) is 24.8 Å². The van der Waals surface area contributed by atoms with E-state index in [0.717, 1.165) is 10.6 Å². The number of thiophene rings is 1. The molecule has 142 valence electrons. The van der Waals surface area contributed by atoms with E-state index in [-0.39, 0.29) is 16.8 Å². The van der Waals surface area contributed by atoms with Crippen molar-refractivity contribution in [2.75, 3.05) is 12.4 Å². The Morgan fingerprint density at radius 2 is 1.85 bits per heavy atom. The topological polar surface area (TPSA) is 79.4 Å². The second-order valence-electron chi connectivity index (χ2n) is 6.11. The third kappa shape index (κ3) is 4.27. The maximum atomic E-state index is 12.5. The van der Waals surface area contributed by atoms with E-state index in [4.69, 9.17) is 0 Å². The fraction of sp³-hybridized carbons (Fsp3) is 0.222. The van der Waals surface area contributed by atoms with Crippen LogP contribution >= 0.6 is 22.7 Å². The molecule has 6 nitrogen and oxygen atoms in total. The zero-order chi connectivity index (χ0) is 19.6. The number of benzene rings is 1. The van der Waals surface area contributed by atoms with E-state index >= 15 is 0 Å². The SMILES string of the molecule is CC(C)N(C)S(=O)(=O)c1ccc(C(=O)Nc2nc(-c3cccs3)cs2)cc1. The number of thiazole rings is 1. The molecule has 0 bridgehead atoms. The Kier molecular flexibility index (Phi) is 5.75. The van der Waals surface area contributed by atoms with Crippen LogP contribution in [0.4, 0.5) is 5.13 Å². The maximum Gasteiger partial charge on any atom is 0.257 e. The highest BCUT2D eigenvalue weighted by atomic mass is 32.2. The lowest BCUT2D eigenvalue weighted by molar-refractivity contribution is 0.102. The summed E-state index contributed by atoms with van der Waals surface area (Å²) in [5.41, 5.74) is 1.19. The number of hydrogen-bond acceptors (Lipinski definition) is 6. The van der Waals surface area contributed by atoms with E-state index in [9.17, 15) is 13.2 Å². The predicted octanol–water partition coefficient (Wildman–Crippen LogP) is 4.15. The number of amides is 1. The quantitative estimate of drug-likeness (QED) is 0.648. The minimum absolute atomic E-state index is 0.152. The lowest BCUT2D eigenvalue weighted by Gasteiger charge is -2.20. The second-order valence-corrected chi connectivity index (χ2v) is 9.91. The van der Waals surface area contributed by atoms with Gasteiger partial charge in [0.2, 0.25) is 10.0 Å². The van der Waals surface area contributed by atoms with Crippen molar-refractivity contribution >= 4 is 43.7 Å². The smallest absolute Gasteiger partial charge is 0.257 e. The van der Waals surface area contributed by atoms with Gasteiger partial charge in [0.15, 0.2) is 5.13 Å². The number of rotatable bonds is 6.